The number of halogens is 1. The van der Waals surface area contributed by atoms with Crippen LogP contribution in [0.2, 0.25) is 5.02 Å². The fourth-order valence-corrected chi connectivity index (χ4v) is 3.66. The molecule has 3 rings (SSSR count). The van der Waals surface area contributed by atoms with Crippen LogP contribution in [-0.2, 0) is 16.0 Å². The van der Waals surface area contributed by atoms with Crippen molar-refractivity contribution >= 4 is 17.6 Å². The molecule has 1 atom stereocenters. The van der Waals surface area contributed by atoms with Crippen molar-refractivity contribution in [3.63, 3.8) is 0 Å². The van der Waals surface area contributed by atoms with Crippen molar-refractivity contribution in [1.29, 1.82) is 0 Å². The Hall–Kier alpha value is -1.30. The standard InChI is InChI=1S/C20H30ClN3O2/c1-22-20(23-14-16-5-7-17(21)8-6-16)24-11-9-18(10-12-24)26-15-19-4-2-3-13-25-19/h5-8,18-19H,2-4,9-15H2,1H3,(H,22,23). The molecule has 0 amide bonds. The van der Waals surface area contributed by atoms with E-state index in [1.165, 1.54) is 18.4 Å². The number of hydrogen-bond acceptors (Lipinski definition) is 3. The van der Waals surface area contributed by atoms with E-state index in [4.69, 9.17) is 21.1 Å². The predicted octanol–water partition coefficient (Wildman–Crippen LogP) is 3.47. The van der Waals surface area contributed by atoms with E-state index in [0.29, 0.717) is 12.2 Å². The van der Waals surface area contributed by atoms with Gasteiger partial charge in [-0.15, -0.1) is 0 Å². The third-order valence-corrected chi connectivity index (χ3v) is 5.36. The summed E-state index contributed by atoms with van der Waals surface area (Å²) in [6.45, 7) is 4.32. The van der Waals surface area contributed by atoms with Gasteiger partial charge in [-0.2, -0.15) is 0 Å². The molecule has 6 heteroatoms. The van der Waals surface area contributed by atoms with Gasteiger partial charge in [-0.1, -0.05) is 23.7 Å². The van der Waals surface area contributed by atoms with Crippen LogP contribution >= 0.6 is 11.6 Å². The summed E-state index contributed by atoms with van der Waals surface area (Å²) >= 11 is 5.94. The van der Waals surface area contributed by atoms with E-state index in [0.717, 1.165) is 63.1 Å². The third kappa shape index (κ3) is 5.86. The zero-order valence-electron chi connectivity index (χ0n) is 15.6. The van der Waals surface area contributed by atoms with Gasteiger partial charge in [0, 0.05) is 38.3 Å². The summed E-state index contributed by atoms with van der Waals surface area (Å²) in [5, 5.41) is 4.21. The minimum atomic E-state index is 0.301. The molecule has 0 aromatic heterocycles. The molecule has 0 saturated carbocycles. The van der Waals surface area contributed by atoms with Crippen molar-refractivity contribution in [2.75, 3.05) is 33.4 Å². The Labute approximate surface area is 161 Å². The van der Waals surface area contributed by atoms with Gasteiger partial charge in [0.1, 0.15) is 0 Å². The highest BCUT2D eigenvalue weighted by Gasteiger charge is 2.23. The largest absolute Gasteiger partial charge is 0.376 e. The number of likely N-dealkylation sites (tertiary alicyclic amines) is 1. The van der Waals surface area contributed by atoms with Crippen LogP contribution in [0, 0.1) is 0 Å². The van der Waals surface area contributed by atoms with Gasteiger partial charge in [-0.05, 0) is 49.8 Å². The third-order valence-electron chi connectivity index (χ3n) is 5.11. The fourth-order valence-electron chi connectivity index (χ4n) is 3.53. The van der Waals surface area contributed by atoms with Crippen molar-refractivity contribution in [1.82, 2.24) is 10.2 Å². The molecule has 5 nitrogen and oxygen atoms in total. The highest BCUT2D eigenvalue weighted by atomic mass is 35.5. The van der Waals surface area contributed by atoms with E-state index in [1.807, 2.05) is 31.3 Å². The molecule has 1 aromatic rings. The van der Waals surface area contributed by atoms with E-state index >= 15 is 0 Å². The fraction of sp³-hybridized carbons (Fsp3) is 0.650. The van der Waals surface area contributed by atoms with E-state index in [1.54, 1.807) is 0 Å². The minimum Gasteiger partial charge on any atom is -0.376 e. The van der Waals surface area contributed by atoms with Gasteiger partial charge in [-0.3, -0.25) is 4.99 Å². The molecular weight excluding hydrogens is 350 g/mol. The monoisotopic (exact) mass is 379 g/mol. The number of nitrogens with one attached hydrogen (secondary N) is 1. The number of piperidine rings is 1. The van der Waals surface area contributed by atoms with Crippen LogP contribution in [0.4, 0.5) is 0 Å². The summed E-state index contributed by atoms with van der Waals surface area (Å²) in [4.78, 5) is 6.75. The molecule has 2 heterocycles. The molecule has 2 fully saturated rings. The van der Waals surface area contributed by atoms with Gasteiger partial charge in [-0.25, -0.2) is 0 Å². The van der Waals surface area contributed by atoms with Gasteiger partial charge in [0.2, 0.25) is 0 Å². The Morgan fingerprint density at radius 3 is 2.65 bits per heavy atom. The van der Waals surface area contributed by atoms with E-state index < -0.39 is 0 Å². The number of benzene rings is 1. The smallest absolute Gasteiger partial charge is 0.193 e. The topological polar surface area (TPSA) is 46.1 Å². The normalized spacial score (nSPS) is 22.5. The summed E-state index contributed by atoms with van der Waals surface area (Å²) in [6.07, 6.45) is 6.31. The van der Waals surface area contributed by atoms with E-state index in [9.17, 15) is 0 Å². The lowest BCUT2D eigenvalue weighted by Gasteiger charge is -2.35. The molecule has 1 aromatic carbocycles. The lowest BCUT2D eigenvalue weighted by atomic mass is 10.1. The number of nitrogens with zero attached hydrogens (tertiary/aromatic N) is 2. The molecule has 2 saturated heterocycles. The first kappa shape index (κ1) is 19.5. The summed E-state index contributed by atoms with van der Waals surface area (Å²) < 4.78 is 11.9. The van der Waals surface area contributed by atoms with Crippen LogP contribution in [-0.4, -0.2) is 56.4 Å². The van der Waals surface area contributed by atoms with Crippen molar-refractivity contribution in [2.24, 2.45) is 4.99 Å². The molecule has 0 aliphatic carbocycles. The van der Waals surface area contributed by atoms with Crippen LogP contribution in [0.1, 0.15) is 37.7 Å². The quantitative estimate of drug-likeness (QED) is 0.628. The first-order valence-corrected chi connectivity index (χ1v) is 10.1. The van der Waals surface area contributed by atoms with Gasteiger partial charge in [0.15, 0.2) is 5.96 Å². The molecule has 0 bridgehead atoms. The average molecular weight is 380 g/mol. The molecule has 0 spiro atoms. The number of hydrogen-bond donors (Lipinski definition) is 1. The Morgan fingerprint density at radius 1 is 1.23 bits per heavy atom. The summed E-state index contributed by atoms with van der Waals surface area (Å²) in [5.41, 5.74) is 1.20. The average Bonchev–Trinajstić information content (AvgIpc) is 2.70. The number of ether oxygens (including phenoxy) is 2. The Morgan fingerprint density at radius 2 is 2.00 bits per heavy atom. The minimum absolute atomic E-state index is 0.301. The van der Waals surface area contributed by atoms with Crippen LogP contribution in [0.3, 0.4) is 0 Å². The Balaban J connectivity index is 1.38. The van der Waals surface area contributed by atoms with Crippen LogP contribution < -0.4 is 5.32 Å². The maximum Gasteiger partial charge on any atom is 0.193 e. The highest BCUT2D eigenvalue weighted by molar-refractivity contribution is 6.30. The summed E-state index contributed by atoms with van der Waals surface area (Å²) in [7, 11) is 1.84. The molecule has 1 N–H and O–H groups in total. The maximum absolute atomic E-state index is 6.10. The zero-order valence-corrected chi connectivity index (χ0v) is 16.4. The maximum atomic E-state index is 6.10. The van der Waals surface area contributed by atoms with Crippen LogP contribution in [0.25, 0.3) is 0 Å². The molecule has 144 valence electrons. The lowest BCUT2D eigenvalue weighted by molar-refractivity contribution is -0.0721. The molecule has 2 aliphatic heterocycles. The van der Waals surface area contributed by atoms with Gasteiger partial charge in [0.05, 0.1) is 18.8 Å². The van der Waals surface area contributed by atoms with Crippen molar-refractivity contribution in [2.45, 2.75) is 50.9 Å². The van der Waals surface area contributed by atoms with Crippen LogP contribution in [0.5, 0.6) is 0 Å². The number of rotatable bonds is 5. The van der Waals surface area contributed by atoms with Crippen molar-refractivity contribution in [3.05, 3.63) is 34.9 Å². The molecule has 26 heavy (non-hydrogen) atoms. The lowest BCUT2D eigenvalue weighted by Crippen LogP contribution is -2.47. The molecular formula is C20H30ClN3O2. The second-order valence-electron chi connectivity index (χ2n) is 7.04. The number of guanidine groups is 1. The van der Waals surface area contributed by atoms with Crippen LogP contribution in [0.15, 0.2) is 29.3 Å². The zero-order chi connectivity index (χ0) is 18.2. The second kappa shape index (κ2) is 10.1. The van der Waals surface area contributed by atoms with Crippen molar-refractivity contribution in [3.8, 4) is 0 Å². The summed E-state index contributed by atoms with van der Waals surface area (Å²) in [6, 6.07) is 7.91. The first-order chi connectivity index (χ1) is 12.7. The van der Waals surface area contributed by atoms with E-state index in [2.05, 4.69) is 15.2 Å². The summed E-state index contributed by atoms with van der Waals surface area (Å²) in [5.74, 6) is 0.953. The predicted molar refractivity (Wildman–Crippen MR) is 106 cm³/mol. The number of aliphatic imine (C=N–C) groups is 1. The Kier molecular flexibility index (Phi) is 7.59. The molecule has 0 radical (unpaired) electrons. The first-order valence-electron chi connectivity index (χ1n) is 9.68. The second-order valence-corrected chi connectivity index (χ2v) is 7.47. The van der Waals surface area contributed by atoms with E-state index in [-0.39, 0.29) is 0 Å². The van der Waals surface area contributed by atoms with Gasteiger partial charge < -0.3 is 19.7 Å². The molecule has 1 unspecified atom stereocenters. The Bertz CT molecular complexity index is 565. The highest BCUT2D eigenvalue weighted by Crippen LogP contribution is 2.18. The van der Waals surface area contributed by atoms with Gasteiger partial charge in [0.25, 0.3) is 0 Å². The SMILES string of the molecule is CN=C(NCc1ccc(Cl)cc1)N1CCC(OCC2CCCCO2)CC1. The van der Waals surface area contributed by atoms with Gasteiger partial charge >= 0.3 is 0 Å². The van der Waals surface area contributed by atoms with Crippen molar-refractivity contribution < 1.29 is 9.47 Å². The molecule has 2 aliphatic rings.